The number of methoxy groups -OCH3 is 1. The van der Waals surface area contributed by atoms with E-state index in [0.717, 1.165) is 50.9 Å². The quantitative estimate of drug-likeness (QED) is 0.594. The Labute approximate surface area is 192 Å². The number of carbonyl (C=O) groups is 2. The molecule has 2 aromatic rings. The molecule has 5 heteroatoms. The molecule has 1 saturated heterocycles. The van der Waals surface area contributed by atoms with Crippen molar-refractivity contribution < 1.29 is 14.3 Å². The molecule has 32 heavy (non-hydrogen) atoms. The molecule has 1 aliphatic heterocycles. The van der Waals surface area contributed by atoms with E-state index in [1.54, 1.807) is 26.1 Å². The highest BCUT2D eigenvalue weighted by Gasteiger charge is 2.22. The van der Waals surface area contributed by atoms with Gasteiger partial charge in [0.2, 0.25) is 11.8 Å². The zero-order valence-corrected chi connectivity index (χ0v) is 19.7. The van der Waals surface area contributed by atoms with Gasteiger partial charge in [0.05, 0.1) is 7.11 Å². The average molecular weight is 437 g/mol. The molecule has 0 saturated carbocycles. The van der Waals surface area contributed by atoms with Gasteiger partial charge in [-0.25, -0.2) is 0 Å². The van der Waals surface area contributed by atoms with Crippen LogP contribution in [-0.4, -0.2) is 55.9 Å². The number of aryl methyl sites for hydroxylation is 2. The molecular formula is C27H36N2O3. The van der Waals surface area contributed by atoms with Crippen molar-refractivity contribution in [3.05, 3.63) is 65.2 Å². The normalized spacial score (nSPS) is 14.3. The van der Waals surface area contributed by atoms with Crippen LogP contribution in [0.3, 0.4) is 0 Å². The van der Waals surface area contributed by atoms with Crippen LogP contribution in [-0.2, 0) is 28.9 Å². The molecule has 172 valence electrons. The molecule has 0 aliphatic carbocycles. The molecule has 0 N–H and O–H groups in total. The van der Waals surface area contributed by atoms with E-state index in [9.17, 15) is 9.59 Å². The summed E-state index contributed by atoms with van der Waals surface area (Å²) < 4.78 is 5.19. The minimum absolute atomic E-state index is 0.166. The van der Waals surface area contributed by atoms with E-state index in [4.69, 9.17) is 4.74 Å². The SMILES string of the molecule is COc1ccc(CCC(=O)N2CCC(Cc3ccc(CCC(=O)N(C)C)cc3)CC2)cc1. The number of benzene rings is 2. The zero-order valence-electron chi connectivity index (χ0n) is 19.7. The first-order chi connectivity index (χ1) is 15.4. The monoisotopic (exact) mass is 436 g/mol. The lowest BCUT2D eigenvalue weighted by atomic mass is 9.89. The van der Waals surface area contributed by atoms with Gasteiger partial charge in [0.25, 0.3) is 0 Å². The molecule has 0 aromatic heterocycles. The van der Waals surface area contributed by atoms with Crippen molar-refractivity contribution in [3.8, 4) is 5.75 Å². The first kappa shape index (κ1) is 23.8. The van der Waals surface area contributed by atoms with Crippen molar-refractivity contribution in [2.24, 2.45) is 5.92 Å². The van der Waals surface area contributed by atoms with E-state index in [0.29, 0.717) is 18.8 Å². The number of carbonyl (C=O) groups excluding carboxylic acids is 2. The lowest BCUT2D eigenvalue weighted by molar-refractivity contribution is -0.132. The molecule has 1 heterocycles. The minimum Gasteiger partial charge on any atom is -0.497 e. The third-order valence-corrected chi connectivity index (χ3v) is 6.43. The van der Waals surface area contributed by atoms with Crippen molar-refractivity contribution >= 4 is 11.8 Å². The number of likely N-dealkylation sites (tertiary alicyclic amines) is 1. The topological polar surface area (TPSA) is 49.9 Å². The largest absolute Gasteiger partial charge is 0.497 e. The number of piperidine rings is 1. The van der Waals surface area contributed by atoms with Gasteiger partial charge in [-0.05, 0) is 66.8 Å². The van der Waals surface area contributed by atoms with Crippen molar-refractivity contribution in [1.29, 1.82) is 0 Å². The second-order valence-electron chi connectivity index (χ2n) is 8.98. The maximum atomic E-state index is 12.6. The summed E-state index contributed by atoms with van der Waals surface area (Å²) in [6.07, 6.45) is 5.86. The zero-order chi connectivity index (χ0) is 22.9. The van der Waals surface area contributed by atoms with Gasteiger partial charge in [-0.15, -0.1) is 0 Å². The first-order valence-corrected chi connectivity index (χ1v) is 11.6. The molecule has 2 aromatic carbocycles. The summed E-state index contributed by atoms with van der Waals surface area (Å²) in [7, 11) is 5.25. The maximum Gasteiger partial charge on any atom is 0.222 e. The fourth-order valence-corrected chi connectivity index (χ4v) is 4.24. The summed E-state index contributed by atoms with van der Waals surface area (Å²) in [5.74, 6) is 1.90. The van der Waals surface area contributed by atoms with Gasteiger partial charge < -0.3 is 14.5 Å². The van der Waals surface area contributed by atoms with Crippen molar-refractivity contribution in [2.75, 3.05) is 34.3 Å². The van der Waals surface area contributed by atoms with Crippen LogP contribution in [0.4, 0.5) is 0 Å². The molecule has 0 atom stereocenters. The Morgan fingerprint density at radius 1 is 0.875 bits per heavy atom. The summed E-state index contributed by atoms with van der Waals surface area (Å²) in [5.41, 5.74) is 3.72. The molecular weight excluding hydrogens is 400 g/mol. The van der Waals surface area contributed by atoms with Gasteiger partial charge in [-0.2, -0.15) is 0 Å². The third-order valence-electron chi connectivity index (χ3n) is 6.43. The van der Waals surface area contributed by atoms with Crippen LogP contribution in [0.15, 0.2) is 48.5 Å². The second kappa shape index (κ2) is 11.7. The predicted molar refractivity (Wildman–Crippen MR) is 128 cm³/mol. The van der Waals surface area contributed by atoms with Crippen LogP contribution in [0.5, 0.6) is 5.75 Å². The Hall–Kier alpha value is -2.82. The fourth-order valence-electron chi connectivity index (χ4n) is 4.24. The number of amides is 2. The molecule has 1 fully saturated rings. The highest BCUT2D eigenvalue weighted by Crippen LogP contribution is 2.23. The number of rotatable bonds is 9. The van der Waals surface area contributed by atoms with Crippen LogP contribution in [0.2, 0.25) is 0 Å². The summed E-state index contributed by atoms with van der Waals surface area (Å²) >= 11 is 0. The van der Waals surface area contributed by atoms with E-state index >= 15 is 0 Å². The minimum atomic E-state index is 0.166. The molecule has 5 nitrogen and oxygen atoms in total. The number of hydrogen-bond donors (Lipinski definition) is 0. The molecule has 0 radical (unpaired) electrons. The maximum absolute atomic E-state index is 12.6. The van der Waals surface area contributed by atoms with E-state index in [1.807, 2.05) is 29.2 Å². The van der Waals surface area contributed by atoms with Crippen molar-refractivity contribution in [1.82, 2.24) is 9.80 Å². The van der Waals surface area contributed by atoms with E-state index < -0.39 is 0 Å². The first-order valence-electron chi connectivity index (χ1n) is 11.6. The molecule has 3 rings (SSSR count). The van der Waals surface area contributed by atoms with Crippen molar-refractivity contribution in [2.45, 2.75) is 44.9 Å². The van der Waals surface area contributed by atoms with Crippen molar-refractivity contribution in [3.63, 3.8) is 0 Å². The number of ether oxygens (including phenoxy) is 1. The summed E-state index contributed by atoms with van der Waals surface area (Å²) in [5, 5.41) is 0. The number of hydrogen-bond acceptors (Lipinski definition) is 3. The van der Waals surface area contributed by atoms with Gasteiger partial charge >= 0.3 is 0 Å². The Morgan fingerprint density at radius 3 is 1.97 bits per heavy atom. The fraction of sp³-hybridized carbons (Fsp3) is 0.481. The molecule has 1 aliphatic rings. The Morgan fingerprint density at radius 2 is 1.41 bits per heavy atom. The van der Waals surface area contributed by atoms with Gasteiger partial charge in [0, 0.05) is 40.0 Å². The Balaban J connectivity index is 1.38. The molecule has 0 spiro atoms. The van der Waals surface area contributed by atoms with Gasteiger partial charge in [0.1, 0.15) is 5.75 Å². The average Bonchev–Trinajstić information content (AvgIpc) is 2.82. The highest BCUT2D eigenvalue weighted by atomic mass is 16.5. The Kier molecular flexibility index (Phi) is 8.72. The lowest BCUT2D eigenvalue weighted by Crippen LogP contribution is -2.39. The van der Waals surface area contributed by atoms with Gasteiger partial charge in [-0.1, -0.05) is 36.4 Å². The van der Waals surface area contributed by atoms with E-state index in [-0.39, 0.29) is 11.8 Å². The van der Waals surface area contributed by atoms with Crippen LogP contribution < -0.4 is 4.74 Å². The van der Waals surface area contributed by atoms with E-state index in [1.165, 1.54) is 16.7 Å². The van der Waals surface area contributed by atoms with Crippen LogP contribution >= 0.6 is 0 Å². The van der Waals surface area contributed by atoms with Crippen LogP contribution in [0.25, 0.3) is 0 Å². The third kappa shape index (κ3) is 7.11. The predicted octanol–water partition coefficient (Wildman–Crippen LogP) is 4.13. The summed E-state index contributed by atoms with van der Waals surface area (Å²) in [6.45, 7) is 1.72. The number of nitrogens with zero attached hydrogens (tertiary/aromatic N) is 2. The highest BCUT2D eigenvalue weighted by molar-refractivity contribution is 5.76. The van der Waals surface area contributed by atoms with Gasteiger partial charge in [-0.3, -0.25) is 9.59 Å². The molecule has 0 bridgehead atoms. The standard InChI is InChI=1S/C27H36N2O3/c1-28(2)26(30)14-10-21-4-6-23(7-5-21)20-24-16-18-29(19-17-24)27(31)15-11-22-8-12-25(32-3)13-9-22/h4-9,12-13,24H,10-11,14-20H2,1-3H3. The molecule has 0 unspecified atom stereocenters. The Bertz CT molecular complexity index is 867. The summed E-state index contributed by atoms with van der Waals surface area (Å²) in [6, 6.07) is 16.6. The smallest absolute Gasteiger partial charge is 0.222 e. The lowest BCUT2D eigenvalue weighted by Gasteiger charge is -2.32. The van der Waals surface area contributed by atoms with Crippen LogP contribution in [0.1, 0.15) is 42.4 Å². The van der Waals surface area contributed by atoms with Crippen LogP contribution in [0, 0.1) is 5.92 Å². The second-order valence-corrected chi connectivity index (χ2v) is 8.98. The van der Waals surface area contributed by atoms with Gasteiger partial charge in [0.15, 0.2) is 0 Å². The molecule has 2 amide bonds. The van der Waals surface area contributed by atoms with E-state index in [2.05, 4.69) is 24.3 Å². The summed E-state index contributed by atoms with van der Waals surface area (Å²) in [4.78, 5) is 28.0.